The van der Waals surface area contributed by atoms with E-state index in [9.17, 15) is 0 Å². The van der Waals surface area contributed by atoms with Crippen molar-refractivity contribution in [3.8, 4) is 0 Å². The summed E-state index contributed by atoms with van der Waals surface area (Å²) in [6.07, 6.45) is 2.99. The topological polar surface area (TPSA) is 83.4 Å². The number of nitrogens with zero attached hydrogens (tertiary/aromatic N) is 2. The Morgan fingerprint density at radius 3 is 2.94 bits per heavy atom. The molecule has 1 saturated heterocycles. The van der Waals surface area contributed by atoms with Gasteiger partial charge in [-0.15, -0.1) is 0 Å². The van der Waals surface area contributed by atoms with Crippen LogP contribution in [-0.2, 0) is 15.0 Å². The van der Waals surface area contributed by atoms with Gasteiger partial charge in [0.15, 0.2) is 0 Å². The van der Waals surface area contributed by atoms with Crippen LogP contribution < -0.4 is 5.73 Å². The third-order valence-electron chi connectivity index (χ3n) is 3.48. The normalized spacial score (nSPS) is 30.7. The van der Waals surface area contributed by atoms with Crippen molar-refractivity contribution < 1.29 is 14.0 Å². The molecule has 2 unspecified atom stereocenters. The first-order valence-electron chi connectivity index (χ1n) is 5.96. The number of hydrogen-bond donors (Lipinski definition) is 1. The van der Waals surface area contributed by atoms with Crippen molar-refractivity contribution in [3.05, 3.63) is 11.7 Å². The fraction of sp³-hybridized carbons (Fsp3) is 0.818. The van der Waals surface area contributed by atoms with Gasteiger partial charge < -0.3 is 19.7 Å². The maximum Gasteiger partial charge on any atom is 0.249 e. The minimum atomic E-state index is -0.618. The van der Waals surface area contributed by atoms with Gasteiger partial charge in [0.1, 0.15) is 11.6 Å². The summed E-state index contributed by atoms with van der Waals surface area (Å²) in [6.45, 7) is 1.08. The van der Waals surface area contributed by atoms with Gasteiger partial charge in [0, 0.05) is 13.7 Å². The number of hydrogen-bond acceptors (Lipinski definition) is 6. The molecule has 2 atom stereocenters. The van der Waals surface area contributed by atoms with Gasteiger partial charge in [-0.05, 0) is 25.2 Å². The fourth-order valence-corrected chi connectivity index (χ4v) is 2.21. The Kier molecular flexibility index (Phi) is 2.65. The van der Waals surface area contributed by atoms with Crippen molar-refractivity contribution >= 4 is 0 Å². The first-order valence-corrected chi connectivity index (χ1v) is 5.96. The Bertz CT molecular complexity index is 396. The van der Waals surface area contributed by atoms with Gasteiger partial charge in [0.2, 0.25) is 11.7 Å². The van der Waals surface area contributed by atoms with Crippen molar-refractivity contribution in [2.75, 3.05) is 20.3 Å². The quantitative estimate of drug-likeness (QED) is 0.834. The van der Waals surface area contributed by atoms with Crippen LogP contribution in [0.1, 0.15) is 37.1 Å². The van der Waals surface area contributed by atoms with Crippen LogP contribution in [0.3, 0.4) is 0 Å². The number of rotatable bonds is 4. The lowest BCUT2D eigenvalue weighted by Gasteiger charge is -2.15. The van der Waals surface area contributed by atoms with Crippen LogP contribution >= 0.6 is 0 Å². The van der Waals surface area contributed by atoms with E-state index < -0.39 is 5.54 Å². The van der Waals surface area contributed by atoms with Crippen molar-refractivity contribution in [1.29, 1.82) is 0 Å². The summed E-state index contributed by atoms with van der Waals surface area (Å²) >= 11 is 0. The highest BCUT2D eigenvalue weighted by atomic mass is 16.5. The van der Waals surface area contributed by atoms with Crippen LogP contribution in [0.15, 0.2) is 4.52 Å². The molecule has 2 heterocycles. The molecule has 1 aliphatic heterocycles. The summed E-state index contributed by atoms with van der Waals surface area (Å²) < 4.78 is 16.0. The van der Waals surface area contributed by atoms with E-state index in [1.165, 1.54) is 12.8 Å². The Balaban J connectivity index is 1.81. The lowest BCUT2D eigenvalue weighted by Crippen LogP contribution is -2.37. The van der Waals surface area contributed by atoms with Crippen LogP contribution in [0.4, 0.5) is 0 Å². The molecule has 1 saturated carbocycles. The summed E-state index contributed by atoms with van der Waals surface area (Å²) in [6, 6.07) is 0. The van der Waals surface area contributed by atoms with E-state index in [1.54, 1.807) is 7.11 Å². The number of ether oxygens (including phenoxy) is 2. The average molecular weight is 239 g/mol. The Hall–Kier alpha value is -0.980. The van der Waals surface area contributed by atoms with Gasteiger partial charge in [-0.25, -0.2) is 0 Å². The Labute approximate surface area is 99.5 Å². The molecule has 2 fully saturated rings. The van der Waals surface area contributed by atoms with Gasteiger partial charge in [0.05, 0.1) is 6.61 Å². The molecule has 1 aromatic rings. The molecule has 2 aliphatic rings. The molecule has 0 spiro atoms. The molecule has 0 aromatic carbocycles. The molecule has 0 radical (unpaired) electrons. The summed E-state index contributed by atoms with van der Waals surface area (Å²) in [7, 11) is 1.68. The largest absolute Gasteiger partial charge is 0.379 e. The zero-order valence-electron chi connectivity index (χ0n) is 9.89. The van der Waals surface area contributed by atoms with Crippen LogP contribution in [-0.4, -0.2) is 30.5 Å². The summed E-state index contributed by atoms with van der Waals surface area (Å²) in [4.78, 5) is 4.39. The SMILES string of the molecule is COC(c1noc(C2(N)CCOC2)n1)C1CC1. The number of aromatic nitrogens is 2. The predicted octanol–water partition coefficient (Wildman–Crippen LogP) is 0.741. The van der Waals surface area contributed by atoms with Crippen molar-refractivity contribution in [3.63, 3.8) is 0 Å². The second kappa shape index (κ2) is 4.04. The van der Waals surface area contributed by atoms with E-state index in [-0.39, 0.29) is 6.10 Å². The minimum absolute atomic E-state index is 0.0570. The van der Waals surface area contributed by atoms with Crippen molar-refractivity contribution in [2.24, 2.45) is 11.7 Å². The van der Waals surface area contributed by atoms with E-state index in [4.69, 9.17) is 19.7 Å². The predicted molar refractivity (Wildman–Crippen MR) is 58.1 cm³/mol. The summed E-state index contributed by atoms with van der Waals surface area (Å²) in [5.41, 5.74) is 5.55. The van der Waals surface area contributed by atoms with E-state index in [0.717, 1.165) is 6.42 Å². The molecule has 0 amide bonds. The van der Waals surface area contributed by atoms with E-state index >= 15 is 0 Å². The zero-order valence-corrected chi connectivity index (χ0v) is 9.89. The first kappa shape index (κ1) is 11.1. The highest BCUT2D eigenvalue weighted by Crippen LogP contribution is 2.42. The molecular weight excluding hydrogens is 222 g/mol. The number of methoxy groups -OCH3 is 1. The summed E-state index contributed by atoms with van der Waals surface area (Å²) in [5, 5.41) is 3.99. The second-order valence-corrected chi connectivity index (χ2v) is 4.91. The molecule has 1 aromatic heterocycles. The molecule has 6 heteroatoms. The minimum Gasteiger partial charge on any atom is -0.379 e. The van der Waals surface area contributed by atoms with E-state index in [2.05, 4.69) is 10.1 Å². The Morgan fingerprint density at radius 2 is 2.35 bits per heavy atom. The maximum atomic E-state index is 6.16. The van der Waals surface area contributed by atoms with Crippen molar-refractivity contribution in [2.45, 2.75) is 30.9 Å². The third kappa shape index (κ3) is 1.96. The van der Waals surface area contributed by atoms with Crippen LogP contribution in [0.5, 0.6) is 0 Å². The van der Waals surface area contributed by atoms with E-state index in [0.29, 0.717) is 30.8 Å². The lowest BCUT2D eigenvalue weighted by atomic mass is 10.0. The highest BCUT2D eigenvalue weighted by molar-refractivity contribution is 5.07. The molecular formula is C11H17N3O3. The van der Waals surface area contributed by atoms with Crippen LogP contribution in [0.2, 0.25) is 0 Å². The lowest BCUT2D eigenvalue weighted by molar-refractivity contribution is 0.0751. The van der Waals surface area contributed by atoms with Gasteiger partial charge in [-0.2, -0.15) is 4.98 Å². The van der Waals surface area contributed by atoms with Gasteiger partial charge in [-0.3, -0.25) is 0 Å². The van der Waals surface area contributed by atoms with Crippen LogP contribution in [0.25, 0.3) is 0 Å². The zero-order chi connectivity index (χ0) is 11.9. The molecule has 17 heavy (non-hydrogen) atoms. The highest BCUT2D eigenvalue weighted by Gasteiger charge is 2.41. The van der Waals surface area contributed by atoms with E-state index in [1.807, 2.05) is 0 Å². The maximum absolute atomic E-state index is 6.16. The third-order valence-corrected chi connectivity index (χ3v) is 3.48. The summed E-state index contributed by atoms with van der Waals surface area (Å²) in [5.74, 6) is 1.61. The first-order chi connectivity index (χ1) is 8.23. The molecule has 94 valence electrons. The van der Waals surface area contributed by atoms with Gasteiger partial charge >= 0.3 is 0 Å². The Morgan fingerprint density at radius 1 is 1.53 bits per heavy atom. The molecule has 2 N–H and O–H groups in total. The standard InChI is InChI=1S/C11H17N3O3/c1-15-8(7-2-3-7)9-13-10(17-14-9)11(12)4-5-16-6-11/h7-8H,2-6,12H2,1H3. The average Bonchev–Trinajstić information content (AvgIpc) is 2.86. The smallest absolute Gasteiger partial charge is 0.249 e. The molecule has 3 rings (SSSR count). The van der Waals surface area contributed by atoms with Crippen LogP contribution in [0, 0.1) is 5.92 Å². The van der Waals surface area contributed by atoms with Gasteiger partial charge in [-0.1, -0.05) is 5.16 Å². The molecule has 0 bridgehead atoms. The fourth-order valence-electron chi connectivity index (χ4n) is 2.21. The number of nitrogens with two attached hydrogens (primary N) is 1. The molecule has 6 nitrogen and oxygen atoms in total. The second-order valence-electron chi connectivity index (χ2n) is 4.91. The van der Waals surface area contributed by atoms with Gasteiger partial charge in [0.25, 0.3) is 0 Å². The monoisotopic (exact) mass is 239 g/mol. The molecule has 1 aliphatic carbocycles. The van der Waals surface area contributed by atoms with Crippen molar-refractivity contribution in [1.82, 2.24) is 10.1 Å².